The molecule has 4 aromatic rings. The fourth-order valence-corrected chi connectivity index (χ4v) is 6.54. The number of aromatic amines is 1. The molecule has 1 aliphatic rings. The molecule has 9 heteroatoms. The predicted molar refractivity (Wildman–Crippen MR) is 148 cm³/mol. The van der Waals surface area contributed by atoms with Crippen molar-refractivity contribution in [2.45, 2.75) is 30.4 Å². The summed E-state index contributed by atoms with van der Waals surface area (Å²) in [6, 6.07) is 24.3. The number of hydrogen-bond acceptors (Lipinski definition) is 6. The van der Waals surface area contributed by atoms with Crippen molar-refractivity contribution in [1.82, 2.24) is 14.3 Å². The van der Waals surface area contributed by atoms with Crippen LogP contribution in [0.4, 0.5) is 11.4 Å². The van der Waals surface area contributed by atoms with Crippen molar-refractivity contribution in [2.75, 3.05) is 30.4 Å². The highest BCUT2D eigenvalue weighted by Crippen LogP contribution is 2.34. The van der Waals surface area contributed by atoms with Gasteiger partial charge in [0.1, 0.15) is 0 Å². The van der Waals surface area contributed by atoms with Crippen molar-refractivity contribution >= 4 is 21.4 Å². The average Bonchev–Trinajstić information content (AvgIpc) is 3.39. The number of fused-ring (bicyclic) bond motifs is 1. The van der Waals surface area contributed by atoms with Crippen LogP contribution in [0.15, 0.2) is 90.2 Å². The summed E-state index contributed by atoms with van der Waals surface area (Å²) in [5.41, 5.74) is 5.12. The van der Waals surface area contributed by atoms with Crippen molar-refractivity contribution in [1.29, 1.82) is 5.26 Å². The Morgan fingerprint density at radius 2 is 1.84 bits per heavy atom. The molecule has 0 fully saturated rings. The van der Waals surface area contributed by atoms with Gasteiger partial charge in [0.05, 0.1) is 35.1 Å². The summed E-state index contributed by atoms with van der Waals surface area (Å²) >= 11 is 0. The molecule has 0 aliphatic carbocycles. The molecule has 1 atom stereocenters. The molecule has 1 aromatic heterocycles. The summed E-state index contributed by atoms with van der Waals surface area (Å²) in [4.78, 5) is 11.7. The lowest BCUT2D eigenvalue weighted by Gasteiger charge is -2.32. The summed E-state index contributed by atoms with van der Waals surface area (Å²) in [5.74, 6) is 0. The lowest BCUT2D eigenvalue weighted by Crippen LogP contribution is -2.45. The normalized spacial score (nSPS) is 15.9. The summed E-state index contributed by atoms with van der Waals surface area (Å²) in [5, 5.41) is 9.59. The Bertz CT molecular complexity index is 1530. The molecule has 8 nitrogen and oxygen atoms in total. The molecule has 1 aliphatic heterocycles. The zero-order chi connectivity index (χ0) is 26.7. The largest absolute Gasteiger partial charge is 0.378 e. The van der Waals surface area contributed by atoms with Gasteiger partial charge in [-0.05, 0) is 60.0 Å². The quantitative estimate of drug-likeness (QED) is 0.388. The summed E-state index contributed by atoms with van der Waals surface area (Å²) in [6.45, 7) is 1.18. The Kier molecular flexibility index (Phi) is 7.18. The van der Waals surface area contributed by atoms with E-state index >= 15 is 0 Å². The smallest absolute Gasteiger partial charge is 0.243 e. The molecule has 5 rings (SSSR count). The Morgan fingerprint density at radius 1 is 1.08 bits per heavy atom. The summed E-state index contributed by atoms with van der Waals surface area (Å²) < 4.78 is 30.1. The van der Waals surface area contributed by atoms with Gasteiger partial charge in [-0.15, -0.1) is 0 Å². The molecule has 2 heterocycles. The zero-order valence-electron chi connectivity index (χ0n) is 21.4. The second-order valence-electron chi connectivity index (χ2n) is 9.69. The Morgan fingerprint density at radius 3 is 2.50 bits per heavy atom. The third kappa shape index (κ3) is 5.28. The number of aromatic nitrogens is 2. The first-order valence-electron chi connectivity index (χ1n) is 12.4. The van der Waals surface area contributed by atoms with Gasteiger partial charge in [0.15, 0.2) is 0 Å². The van der Waals surface area contributed by atoms with Gasteiger partial charge in [-0.2, -0.15) is 9.57 Å². The number of benzene rings is 3. The van der Waals surface area contributed by atoms with Crippen LogP contribution >= 0.6 is 0 Å². The number of H-pyrrole nitrogens is 1. The van der Waals surface area contributed by atoms with E-state index in [1.807, 2.05) is 67.5 Å². The standard InChI is InChI=1S/C29H30N6O2S/c1-33(2)26-9-11-28(12-10-26)38(36,37)35-18-24-14-23(16-30)8-13-29(24)34(19-25-17-31-21-32-25)20-27(35)15-22-6-4-3-5-7-22/h3-14,17,21,27H,15,18-20H2,1-2H3,(H,31,32). The highest BCUT2D eigenvalue weighted by atomic mass is 32.2. The van der Waals surface area contributed by atoms with E-state index in [9.17, 15) is 13.7 Å². The maximum absolute atomic E-state index is 14.2. The van der Waals surface area contributed by atoms with Gasteiger partial charge in [0.2, 0.25) is 10.0 Å². The first-order chi connectivity index (χ1) is 18.3. The summed E-state index contributed by atoms with van der Waals surface area (Å²) in [7, 11) is -0.0141. The van der Waals surface area contributed by atoms with Gasteiger partial charge >= 0.3 is 0 Å². The topological polar surface area (TPSA) is 96.3 Å². The van der Waals surface area contributed by atoms with Gasteiger partial charge in [-0.3, -0.25) is 0 Å². The Labute approximate surface area is 223 Å². The molecule has 38 heavy (non-hydrogen) atoms. The number of hydrogen-bond donors (Lipinski definition) is 1. The van der Waals surface area contributed by atoms with Crippen molar-refractivity contribution in [2.24, 2.45) is 0 Å². The molecule has 1 unspecified atom stereocenters. The van der Waals surface area contributed by atoms with Crippen LogP contribution in [0.2, 0.25) is 0 Å². The van der Waals surface area contributed by atoms with Gasteiger partial charge in [0, 0.05) is 50.8 Å². The maximum Gasteiger partial charge on any atom is 0.243 e. The van der Waals surface area contributed by atoms with E-state index < -0.39 is 10.0 Å². The van der Waals surface area contributed by atoms with Crippen molar-refractivity contribution in [3.05, 3.63) is 108 Å². The van der Waals surface area contributed by atoms with E-state index in [0.717, 1.165) is 28.2 Å². The fraction of sp³-hybridized carbons (Fsp3) is 0.241. The molecule has 0 saturated carbocycles. The molecule has 3 aromatic carbocycles. The number of imidazole rings is 1. The van der Waals surface area contributed by atoms with Crippen LogP contribution in [0, 0.1) is 11.3 Å². The van der Waals surface area contributed by atoms with Crippen molar-refractivity contribution < 1.29 is 8.42 Å². The fourth-order valence-electron chi connectivity index (χ4n) is 4.94. The monoisotopic (exact) mass is 526 g/mol. The highest BCUT2D eigenvalue weighted by molar-refractivity contribution is 7.89. The first-order valence-corrected chi connectivity index (χ1v) is 13.9. The van der Waals surface area contributed by atoms with E-state index in [4.69, 9.17) is 0 Å². The molecule has 1 N–H and O–H groups in total. The lowest BCUT2D eigenvalue weighted by molar-refractivity contribution is 0.318. The first kappa shape index (κ1) is 25.5. The van der Waals surface area contributed by atoms with Crippen LogP contribution in [0.3, 0.4) is 0 Å². The van der Waals surface area contributed by atoms with E-state index in [-0.39, 0.29) is 17.5 Å². The van der Waals surface area contributed by atoms with Crippen molar-refractivity contribution in [3.8, 4) is 6.07 Å². The number of rotatable bonds is 7. The number of nitrogens with zero attached hydrogens (tertiary/aromatic N) is 5. The van der Waals surface area contributed by atoms with Crippen LogP contribution in [0.5, 0.6) is 0 Å². The van der Waals surface area contributed by atoms with Crippen LogP contribution in [0.1, 0.15) is 22.4 Å². The molecular weight excluding hydrogens is 496 g/mol. The summed E-state index contributed by atoms with van der Waals surface area (Å²) in [6.07, 6.45) is 3.97. The van der Waals surface area contributed by atoms with Crippen LogP contribution in [0.25, 0.3) is 0 Å². The molecular formula is C29H30N6O2S. The lowest BCUT2D eigenvalue weighted by atomic mass is 10.1. The molecule has 0 radical (unpaired) electrons. The number of sulfonamides is 1. The molecule has 0 saturated heterocycles. The second-order valence-corrected chi connectivity index (χ2v) is 11.6. The van der Waals surface area contributed by atoms with Gasteiger partial charge in [0.25, 0.3) is 0 Å². The van der Waals surface area contributed by atoms with Gasteiger partial charge < -0.3 is 14.8 Å². The minimum absolute atomic E-state index is 0.166. The van der Waals surface area contributed by atoms with E-state index in [1.54, 1.807) is 41.1 Å². The predicted octanol–water partition coefficient (Wildman–Crippen LogP) is 4.17. The molecule has 194 valence electrons. The highest BCUT2D eigenvalue weighted by Gasteiger charge is 2.36. The maximum atomic E-state index is 14.2. The Balaban J connectivity index is 1.61. The third-order valence-corrected chi connectivity index (χ3v) is 8.82. The molecule has 0 amide bonds. The zero-order valence-corrected chi connectivity index (χ0v) is 22.3. The van der Waals surface area contributed by atoms with E-state index in [1.165, 1.54) is 0 Å². The van der Waals surface area contributed by atoms with Gasteiger partial charge in [-0.1, -0.05) is 30.3 Å². The Hall–Kier alpha value is -4.13. The van der Waals surface area contributed by atoms with E-state index in [2.05, 4.69) is 20.9 Å². The third-order valence-electron chi connectivity index (χ3n) is 6.90. The molecule has 0 spiro atoms. The SMILES string of the molecule is CN(C)c1ccc(S(=O)(=O)N2Cc3cc(C#N)ccc3N(Cc3cnc[nH]3)CC2Cc2ccccc2)cc1. The minimum Gasteiger partial charge on any atom is -0.378 e. The van der Waals surface area contributed by atoms with Crippen molar-refractivity contribution in [3.63, 3.8) is 0 Å². The number of nitrogens with one attached hydrogen (secondary N) is 1. The van der Waals surface area contributed by atoms with Gasteiger partial charge in [-0.25, -0.2) is 13.4 Å². The van der Waals surface area contributed by atoms with E-state index in [0.29, 0.717) is 25.1 Å². The van der Waals surface area contributed by atoms with Crippen LogP contribution < -0.4 is 9.80 Å². The van der Waals surface area contributed by atoms with Crippen LogP contribution in [-0.4, -0.2) is 49.4 Å². The second kappa shape index (κ2) is 10.7. The molecule has 0 bridgehead atoms. The number of anilines is 2. The average molecular weight is 527 g/mol. The van der Waals surface area contributed by atoms with Crippen LogP contribution in [-0.2, 0) is 29.5 Å². The number of nitriles is 1. The minimum atomic E-state index is -3.86.